The molecule has 1 saturated carbocycles. The van der Waals surface area contributed by atoms with Gasteiger partial charge in [-0.2, -0.15) is 0 Å². The first kappa shape index (κ1) is 17.2. The molecule has 136 valence electrons. The number of hydrogen-bond acceptors (Lipinski definition) is 5. The van der Waals surface area contributed by atoms with Gasteiger partial charge in [0, 0.05) is 23.5 Å². The molecule has 0 radical (unpaired) electrons. The van der Waals surface area contributed by atoms with E-state index < -0.39 is 0 Å². The predicted octanol–water partition coefficient (Wildman–Crippen LogP) is 3.08. The van der Waals surface area contributed by atoms with E-state index in [4.69, 9.17) is 4.99 Å². The van der Waals surface area contributed by atoms with Crippen molar-refractivity contribution >= 4 is 17.1 Å². The summed E-state index contributed by atoms with van der Waals surface area (Å²) in [5, 5.41) is 12.6. The summed E-state index contributed by atoms with van der Waals surface area (Å²) >= 11 is 0. The minimum Gasteiger partial charge on any atom is -0.392 e. The highest BCUT2D eigenvalue weighted by molar-refractivity contribution is 6.26. The molecule has 2 N–H and O–H groups in total. The van der Waals surface area contributed by atoms with Crippen LogP contribution in [0.15, 0.2) is 52.1 Å². The lowest BCUT2D eigenvalue weighted by Crippen LogP contribution is -2.43. The fourth-order valence-electron chi connectivity index (χ4n) is 4.00. The van der Waals surface area contributed by atoms with Crippen LogP contribution in [0.25, 0.3) is 5.57 Å². The molecular formula is C21H26N4O. The number of nitrogens with one attached hydrogen (secondary N) is 1. The van der Waals surface area contributed by atoms with Crippen molar-refractivity contribution in [2.24, 2.45) is 9.98 Å². The second-order valence-corrected chi connectivity index (χ2v) is 7.18. The van der Waals surface area contributed by atoms with Crippen molar-refractivity contribution in [2.75, 3.05) is 7.05 Å². The molecule has 1 aromatic carbocycles. The lowest BCUT2D eigenvalue weighted by molar-refractivity contribution is 0.282. The van der Waals surface area contributed by atoms with Gasteiger partial charge in [0.2, 0.25) is 0 Å². The van der Waals surface area contributed by atoms with Crippen LogP contribution in [0.3, 0.4) is 0 Å². The molecule has 0 saturated heterocycles. The maximum atomic E-state index is 9.48. The van der Waals surface area contributed by atoms with Crippen LogP contribution in [-0.2, 0) is 6.61 Å². The molecule has 2 heterocycles. The Balaban J connectivity index is 1.79. The number of benzene rings is 1. The molecule has 1 atom stereocenters. The highest BCUT2D eigenvalue weighted by Crippen LogP contribution is 2.33. The molecule has 5 heteroatoms. The fraction of sp³-hybridized carbons (Fsp3) is 0.429. The van der Waals surface area contributed by atoms with Crippen molar-refractivity contribution in [1.82, 2.24) is 10.2 Å². The van der Waals surface area contributed by atoms with Crippen LogP contribution >= 0.6 is 0 Å². The van der Waals surface area contributed by atoms with Crippen LogP contribution in [0.1, 0.15) is 43.7 Å². The summed E-state index contributed by atoms with van der Waals surface area (Å²) in [7, 11) is 1.89. The molecule has 3 aliphatic rings. The first-order valence-corrected chi connectivity index (χ1v) is 9.42. The van der Waals surface area contributed by atoms with E-state index in [9.17, 15) is 5.11 Å². The van der Waals surface area contributed by atoms with Crippen molar-refractivity contribution < 1.29 is 5.11 Å². The quantitative estimate of drug-likeness (QED) is 0.877. The summed E-state index contributed by atoms with van der Waals surface area (Å²) in [6, 6.07) is 8.61. The second kappa shape index (κ2) is 7.17. The molecule has 2 aliphatic heterocycles. The Labute approximate surface area is 154 Å². The number of aliphatic hydroxyl groups excluding tert-OH is 1. The normalized spacial score (nSPS) is 23.2. The van der Waals surface area contributed by atoms with Crippen molar-refractivity contribution in [2.45, 2.75) is 51.5 Å². The molecule has 1 unspecified atom stereocenters. The van der Waals surface area contributed by atoms with Gasteiger partial charge in [0.25, 0.3) is 0 Å². The van der Waals surface area contributed by atoms with E-state index in [0.717, 1.165) is 33.8 Å². The summed E-state index contributed by atoms with van der Waals surface area (Å²) in [5.41, 5.74) is 5.32. The molecule has 0 spiro atoms. The molecule has 1 aromatic rings. The molecule has 1 aliphatic carbocycles. The zero-order valence-electron chi connectivity index (χ0n) is 15.4. The Kier molecular flexibility index (Phi) is 4.74. The van der Waals surface area contributed by atoms with Crippen LogP contribution in [0.2, 0.25) is 0 Å². The minimum absolute atomic E-state index is 0.0566. The molecule has 0 amide bonds. The van der Waals surface area contributed by atoms with Gasteiger partial charge in [0.1, 0.15) is 5.84 Å². The Morgan fingerprint density at radius 3 is 2.77 bits per heavy atom. The van der Waals surface area contributed by atoms with Crippen molar-refractivity contribution in [3.05, 3.63) is 53.2 Å². The van der Waals surface area contributed by atoms with E-state index in [-0.39, 0.29) is 12.9 Å². The van der Waals surface area contributed by atoms with Crippen LogP contribution in [0.5, 0.6) is 0 Å². The highest BCUT2D eigenvalue weighted by Gasteiger charge is 2.32. The van der Waals surface area contributed by atoms with Gasteiger partial charge in [-0.3, -0.25) is 5.32 Å². The maximum absolute atomic E-state index is 9.48. The Hall–Kier alpha value is -2.24. The highest BCUT2D eigenvalue weighted by atomic mass is 16.3. The monoisotopic (exact) mass is 350 g/mol. The predicted molar refractivity (Wildman–Crippen MR) is 106 cm³/mol. The Bertz CT molecular complexity index is 815. The van der Waals surface area contributed by atoms with Gasteiger partial charge in [-0.25, -0.2) is 9.98 Å². The van der Waals surface area contributed by atoms with Crippen LogP contribution in [0.4, 0.5) is 0 Å². The van der Waals surface area contributed by atoms with Crippen molar-refractivity contribution in [3.8, 4) is 0 Å². The zero-order valence-corrected chi connectivity index (χ0v) is 15.4. The van der Waals surface area contributed by atoms with Gasteiger partial charge in [-0.1, -0.05) is 31.0 Å². The summed E-state index contributed by atoms with van der Waals surface area (Å²) in [4.78, 5) is 11.9. The third kappa shape index (κ3) is 3.13. The summed E-state index contributed by atoms with van der Waals surface area (Å²) in [6.45, 7) is 2.12. The van der Waals surface area contributed by atoms with E-state index in [0.29, 0.717) is 6.04 Å². The molecule has 1 fully saturated rings. The average Bonchev–Trinajstić information content (AvgIpc) is 3.22. The first-order valence-electron chi connectivity index (χ1n) is 9.42. The molecule has 4 rings (SSSR count). The Morgan fingerprint density at radius 2 is 2.04 bits per heavy atom. The lowest BCUT2D eigenvalue weighted by atomic mass is 9.95. The molecule has 0 bridgehead atoms. The molecule has 5 nitrogen and oxygen atoms in total. The zero-order chi connectivity index (χ0) is 18.1. The summed E-state index contributed by atoms with van der Waals surface area (Å²) < 4.78 is 0. The summed E-state index contributed by atoms with van der Waals surface area (Å²) in [6.07, 6.45) is 9.17. The van der Waals surface area contributed by atoms with Crippen LogP contribution in [-0.4, -0.2) is 40.9 Å². The van der Waals surface area contributed by atoms with Crippen LogP contribution in [0, 0.1) is 0 Å². The maximum Gasteiger partial charge on any atom is 0.196 e. The van der Waals surface area contributed by atoms with E-state index in [1.54, 1.807) is 0 Å². The number of allylic oxidation sites excluding steroid dienone is 2. The van der Waals surface area contributed by atoms with E-state index >= 15 is 0 Å². The molecule has 0 aromatic heterocycles. The van der Waals surface area contributed by atoms with Crippen molar-refractivity contribution in [1.29, 1.82) is 0 Å². The van der Waals surface area contributed by atoms with Gasteiger partial charge < -0.3 is 10.0 Å². The Morgan fingerprint density at radius 1 is 1.23 bits per heavy atom. The minimum atomic E-state index is -0.210. The number of nitrogens with zero attached hydrogens (tertiary/aromatic N) is 3. The third-order valence-electron chi connectivity index (χ3n) is 5.43. The number of aliphatic hydroxyl groups is 1. The third-order valence-corrected chi connectivity index (χ3v) is 5.43. The number of aliphatic imine (C=N–C) groups is 2. The van der Waals surface area contributed by atoms with Crippen LogP contribution < -0.4 is 5.32 Å². The standard InChI is InChI=1S/C21H26N4O/c1-14-19-11-17(16-7-5-6-15(10-16)13-26)12-25(18-8-3-4-9-18)20(19)24-21(22-2)23-14/h5-7,10-12,18,21-22,26H,3-4,8-9,13H2,1-2H3. The molecular weight excluding hydrogens is 324 g/mol. The number of rotatable bonds is 4. The molecule has 26 heavy (non-hydrogen) atoms. The second-order valence-electron chi connectivity index (χ2n) is 7.18. The number of hydrogen-bond donors (Lipinski definition) is 2. The smallest absolute Gasteiger partial charge is 0.196 e. The van der Waals surface area contributed by atoms with E-state index in [1.807, 2.05) is 19.2 Å². The largest absolute Gasteiger partial charge is 0.392 e. The topological polar surface area (TPSA) is 60.2 Å². The fourth-order valence-corrected chi connectivity index (χ4v) is 4.00. The van der Waals surface area contributed by atoms with Crippen molar-refractivity contribution in [3.63, 3.8) is 0 Å². The average molecular weight is 350 g/mol. The SMILES string of the molecule is CNC1N=C(C)C2=CC(c3cccc(CO)c3)=CN(C3CCCC3)C2=N1. The number of fused-ring (bicyclic) bond motifs is 1. The van der Waals surface area contributed by atoms with Gasteiger partial charge in [0.15, 0.2) is 6.29 Å². The van der Waals surface area contributed by atoms with E-state index in [1.165, 1.54) is 25.7 Å². The van der Waals surface area contributed by atoms with Gasteiger partial charge >= 0.3 is 0 Å². The first-order chi connectivity index (χ1) is 12.7. The van der Waals surface area contributed by atoms with Gasteiger partial charge in [-0.05, 0) is 55.7 Å². The van der Waals surface area contributed by atoms with Gasteiger partial charge in [0.05, 0.1) is 6.61 Å². The van der Waals surface area contributed by atoms with Gasteiger partial charge in [-0.15, -0.1) is 0 Å². The summed E-state index contributed by atoms with van der Waals surface area (Å²) in [5.74, 6) is 1.03. The number of amidine groups is 1. The van der Waals surface area contributed by atoms with E-state index in [2.05, 4.69) is 46.5 Å². The lowest BCUT2D eigenvalue weighted by Gasteiger charge is -2.36.